The first-order valence-electron chi connectivity index (χ1n) is 4.44. The Morgan fingerprint density at radius 3 is 2.61 bits per heavy atom. The molecule has 0 aromatic heterocycles. The van der Waals surface area contributed by atoms with E-state index in [1.807, 2.05) is 0 Å². The van der Waals surface area contributed by atoms with Gasteiger partial charge in [-0.1, -0.05) is 5.39 Å². The number of aromatic hydroxyl groups is 1. The molecule has 2 aromatic rings. The van der Waals surface area contributed by atoms with Crippen molar-refractivity contribution in [2.75, 3.05) is 0 Å². The Labute approximate surface area is 125 Å². The van der Waals surface area contributed by atoms with Crippen LogP contribution in [0.1, 0.15) is 0 Å². The zero-order chi connectivity index (χ0) is 12.6. The molecule has 86 valence electrons. The fraction of sp³-hybridized carbons (Fsp3) is 0. The van der Waals surface area contributed by atoms with Crippen LogP contribution in [0.15, 0.2) is 29.2 Å². The van der Waals surface area contributed by atoms with Crippen LogP contribution in [0.3, 0.4) is 0 Å². The molecule has 8 heteroatoms. The van der Waals surface area contributed by atoms with Gasteiger partial charge in [-0.05, 0) is 0 Å². The van der Waals surface area contributed by atoms with Gasteiger partial charge in [0.2, 0.25) is 5.39 Å². The number of diazo groups is 1. The van der Waals surface area contributed by atoms with E-state index in [1.54, 1.807) is 6.07 Å². The SMILES string of the molecule is N#[N+]c1c(S(=O)(=O)O)cc2[c-]cccc2c1O.[Na+]. The van der Waals surface area contributed by atoms with Crippen molar-refractivity contribution in [2.45, 2.75) is 4.90 Å². The summed E-state index contributed by atoms with van der Waals surface area (Å²) >= 11 is 0. The molecule has 0 fully saturated rings. The second-order valence-electron chi connectivity index (χ2n) is 3.28. The second kappa shape index (κ2) is 5.22. The van der Waals surface area contributed by atoms with Gasteiger partial charge >= 0.3 is 35.2 Å². The van der Waals surface area contributed by atoms with Gasteiger partial charge in [-0.25, -0.2) is 0 Å². The molecule has 0 amide bonds. The third-order valence-corrected chi connectivity index (χ3v) is 3.12. The molecule has 2 N–H and O–H groups in total. The number of phenols is 1. The molecule has 0 saturated heterocycles. The molecule has 6 nitrogen and oxygen atoms in total. The van der Waals surface area contributed by atoms with Crippen LogP contribution in [-0.4, -0.2) is 18.1 Å². The largest absolute Gasteiger partial charge is 1.00 e. The van der Waals surface area contributed by atoms with E-state index in [9.17, 15) is 13.5 Å². The monoisotopic (exact) mass is 273 g/mol. The van der Waals surface area contributed by atoms with E-state index >= 15 is 0 Å². The predicted molar refractivity (Wildman–Crippen MR) is 59.0 cm³/mol. The van der Waals surface area contributed by atoms with E-state index in [0.29, 0.717) is 0 Å². The van der Waals surface area contributed by atoms with Gasteiger partial charge in [0.15, 0.2) is 15.6 Å². The summed E-state index contributed by atoms with van der Waals surface area (Å²) in [6.07, 6.45) is 0. The maximum absolute atomic E-state index is 11.1. The van der Waals surface area contributed by atoms with Gasteiger partial charge in [0.05, 0.1) is 0 Å². The van der Waals surface area contributed by atoms with Gasteiger partial charge in [0.1, 0.15) is 0 Å². The predicted octanol–water partition coefficient (Wildman–Crippen LogP) is -0.919. The molecule has 0 spiro atoms. The molecule has 0 unspecified atom stereocenters. The minimum absolute atomic E-state index is 0. The molecule has 0 aliphatic heterocycles. The molecule has 0 radical (unpaired) electrons. The maximum Gasteiger partial charge on any atom is 1.00 e. The summed E-state index contributed by atoms with van der Waals surface area (Å²) in [4.78, 5) is 2.01. The van der Waals surface area contributed by atoms with Gasteiger partial charge in [0, 0.05) is 0 Å². The standard InChI is InChI=1S/C10H6N2O4S.Na/c11-12-9-8(17(14,15)16)5-6-3-1-2-4-7(6)10(9)13;/h1-2,4-5,13H,(H,14,15,16);/q;+1. The number of benzene rings is 2. The Morgan fingerprint density at radius 1 is 1.39 bits per heavy atom. The zero-order valence-electron chi connectivity index (χ0n) is 9.32. The minimum atomic E-state index is -4.59. The van der Waals surface area contributed by atoms with Gasteiger partial charge in [-0.15, -0.1) is 35.7 Å². The van der Waals surface area contributed by atoms with Crippen molar-refractivity contribution >= 4 is 26.6 Å². The van der Waals surface area contributed by atoms with Crippen molar-refractivity contribution in [1.29, 1.82) is 5.39 Å². The van der Waals surface area contributed by atoms with Crippen LogP contribution in [0.25, 0.3) is 15.7 Å². The van der Waals surface area contributed by atoms with Crippen LogP contribution in [0.5, 0.6) is 5.75 Å². The van der Waals surface area contributed by atoms with Crippen LogP contribution in [0.4, 0.5) is 5.69 Å². The van der Waals surface area contributed by atoms with E-state index in [0.717, 1.165) is 6.07 Å². The Balaban J connectivity index is 0.00000162. The molecule has 2 rings (SSSR count). The fourth-order valence-electron chi connectivity index (χ4n) is 1.51. The summed E-state index contributed by atoms with van der Waals surface area (Å²) in [5.41, 5.74) is -0.598. The topological polar surface area (TPSA) is 103 Å². The Bertz CT molecular complexity index is 752. The number of phenolic OH excluding ortho intramolecular Hbond substituents is 1. The van der Waals surface area contributed by atoms with Crippen molar-refractivity contribution in [1.82, 2.24) is 0 Å². The molecule has 0 heterocycles. The third kappa shape index (κ3) is 2.48. The molecule has 18 heavy (non-hydrogen) atoms. The van der Waals surface area contributed by atoms with Crippen molar-refractivity contribution in [3.05, 3.63) is 35.3 Å². The fourth-order valence-corrected chi connectivity index (χ4v) is 2.16. The van der Waals surface area contributed by atoms with E-state index in [-0.39, 0.29) is 40.3 Å². The van der Waals surface area contributed by atoms with Crippen LogP contribution < -0.4 is 29.6 Å². The van der Waals surface area contributed by atoms with Gasteiger partial charge in [-0.3, -0.25) is 4.55 Å². The number of rotatable bonds is 1. The number of hydrogen-bond donors (Lipinski definition) is 2. The molecular formula is C10H6N2NaO4S+. The van der Waals surface area contributed by atoms with Crippen molar-refractivity contribution < 1.29 is 47.6 Å². The zero-order valence-corrected chi connectivity index (χ0v) is 12.1. The van der Waals surface area contributed by atoms with Crippen LogP contribution in [0.2, 0.25) is 0 Å². The first kappa shape index (κ1) is 14.9. The summed E-state index contributed by atoms with van der Waals surface area (Å²) in [6, 6.07) is 8.37. The van der Waals surface area contributed by atoms with E-state index < -0.39 is 26.5 Å². The van der Waals surface area contributed by atoms with E-state index in [1.165, 1.54) is 12.1 Å². The van der Waals surface area contributed by atoms with Gasteiger partial charge < -0.3 is 5.11 Å². The van der Waals surface area contributed by atoms with Crippen LogP contribution in [0, 0.1) is 11.5 Å². The van der Waals surface area contributed by atoms with Gasteiger partial charge in [0.25, 0.3) is 10.1 Å². The Kier molecular flexibility index (Phi) is 4.32. The molecule has 0 aliphatic rings. The summed E-state index contributed by atoms with van der Waals surface area (Å²) in [5.74, 6) is -0.533. The molecule has 0 atom stereocenters. The third-order valence-electron chi connectivity index (χ3n) is 2.25. The normalized spacial score (nSPS) is 10.7. The van der Waals surface area contributed by atoms with Crippen molar-refractivity contribution in [3.8, 4) is 5.75 Å². The minimum Gasteiger partial charge on any atom is -0.509 e. The average molecular weight is 273 g/mol. The molecule has 0 bridgehead atoms. The quantitative estimate of drug-likeness (QED) is 0.303. The van der Waals surface area contributed by atoms with Crippen LogP contribution >= 0.6 is 0 Å². The Hall–Kier alpha value is -1.17. The molecular weight excluding hydrogens is 267 g/mol. The summed E-state index contributed by atoms with van der Waals surface area (Å²) in [7, 11) is -4.59. The van der Waals surface area contributed by atoms with E-state index in [4.69, 9.17) is 9.95 Å². The summed E-state index contributed by atoms with van der Waals surface area (Å²) < 4.78 is 31.1. The summed E-state index contributed by atoms with van der Waals surface area (Å²) in [5, 5.41) is 19.0. The summed E-state index contributed by atoms with van der Waals surface area (Å²) in [6.45, 7) is 0. The number of hydrogen-bond acceptors (Lipinski definition) is 4. The van der Waals surface area contributed by atoms with Gasteiger partial charge in [-0.2, -0.15) is 8.42 Å². The molecule has 2 aromatic carbocycles. The van der Waals surface area contributed by atoms with Crippen molar-refractivity contribution in [3.63, 3.8) is 0 Å². The smallest absolute Gasteiger partial charge is 0.509 e. The van der Waals surface area contributed by atoms with E-state index in [2.05, 4.69) is 11.0 Å². The average Bonchev–Trinajstić information content (AvgIpc) is 2.28. The number of fused-ring (bicyclic) bond motifs is 1. The number of nitrogens with zero attached hydrogens (tertiary/aromatic N) is 2. The maximum atomic E-state index is 11.1. The Morgan fingerprint density at radius 2 is 2.06 bits per heavy atom. The molecule has 0 saturated carbocycles. The second-order valence-corrected chi connectivity index (χ2v) is 4.67. The van der Waals surface area contributed by atoms with Crippen molar-refractivity contribution in [2.24, 2.45) is 0 Å². The molecule has 0 aliphatic carbocycles. The first-order chi connectivity index (χ1) is 7.95. The first-order valence-corrected chi connectivity index (χ1v) is 5.88. The van der Waals surface area contributed by atoms with Crippen LogP contribution in [-0.2, 0) is 10.1 Å².